The van der Waals surface area contributed by atoms with E-state index in [1.54, 1.807) is 0 Å². The summed E-state index contributed by atoms with van der Waals surface area (Å²) in [6.07, 6.45) is 1.96. The first-order chi connectivity index (χ1) is 9.54. The molecule has 0 aliphatic carbocycles. The minimum Gasteiger partial charge on any atom is -0.336 e. The van der Waals surface area contributed by atoms with E-state index in [0.29, 0.717) is 12.6 Å². The highest BCUT2D eigenvalue weighted by Gasteiger charge is 2.30. The van der Waals surface area contributed by atoms with E-state index in [1.807, 2.05) is 30.3 Å². The van der Waals surface area contributed by atoms with Gasteiger partial charge in [0.25, 0.3) is 0 Å². The summed E-state index contributed by atoms with van der Waals surface area (Å²) in [5, 5.41) is 5.21. The molecule has 4 nitrogen and oxygen atoms in total. The minimum absolute atomic E-state index is 0.0717. The van der Waals surface area contributed by atoms with Crippen molar-refractivity contribution in [3.8, 4) is 0 Å². The normalized spacial score (nSPS) is 19.9. The lowest BCUT2D eigenvalue weighted by Crippen LogP contribution is -2.48. The third kappa shape index (κ3) is 3.15. The first kappa shape index (κ1) is 15.3. The minimum atomic E-state index is 0.0717. The van der Waals surface area contributed by atoms with Gasteiger partial charge in [-0.05, 0) is 50.9 Å². The van der Waals surface area contributed by atoms with Gasteiger partial charge in [-0.2, -0.15) is 0 Å². The first-order valence-electron chi connectivity index (χ1n) is 7.31. The fourth-order valence-electron chi connectivity index (χ4n) is 2.60. The molecule has 1 aliphatic heterocycles. The van der Waals surface area contributed by atoms with Crippen molar-refractivity contribution in [2.24, 2.45) is 0 Å². The molecule has 0 spiro atoms. The second-order valence-electron chi connectivity index (χ2n) is 5.67. The number of hydrogen-bond donors (Lipinski definition) is 1. The molecule has 0 bridgehead atoms. The number of urea groups is 1. The molecule has 0 radical (unpaired) electrons. The van der Waals surface area contributed by atoms with Crippen LogP contribution in [0.2, 0.25) is 0 Å². The number of nitrogens with zero attached hydrogens (tertiary/aromatic N) is 2. The van der Waals surface area contributed by atoms with Crippen molar-refractivity contribution in [3.63, 3.8) is 0 Å². The maximum Gasteiger partial charge on any atom is 0.317 e. The molecule has 0 fully saturated rings. The molecule has 0 aromatic carbocycles. The van der Waals surface area contributed by atoms with E-state index < -0.39 is 0 Å². The Morgan fingerprint density at radius 3 is 3.00 bits per heavy atom. The first-order valence-corrected chi connectivity index (χ1v) is 8.19. The fourth-order valence-corrected chi connectivity index (χ4v) is 3.53. The Bertz CT molecular complexity index is 458. The van der Waals surface area contributed by atoms with E-state index in [9.17, 15) is 4.79 Å². The van der Waals surface area contributed by atoms with Crippen LogP contribution in [-0.2, 0) is 6.42 Å². The number of thiophene rings is 1. The Morgan fingerprint density at radius 1 is 1.60 bits per heavy atom. The van der Waals surface area contributed by atoms with Gasteiger partial charge in [-0.1, -0.05) is 6.92 Å². The van der Waals surface area contributed by atoms with Crippen LogP contribution in [0, 0.1) is 0 Å². The lowest BCUT2D eigenvalue weighted by molar-refractivity contribution is 0.164. The van der Waals surface area contributed by atoms with Crippen LogP contribution in [0.15, 0.2) is 11.4 Å². The van der Waals surface area contributed by atoms with Crippen molar-refractivity contribution in [2.75, 3.05) is 27.2 Å². The van der Waals surface area contributed by atoms with E-state index in [1.165, 1.54) is 10.4 Å². The maximum atomic E-state index is 12.4. The summed E-state index contributed by atoms with van der Waals surface area (Å²) in [7, 11) is 4.06. The molecular weight excluding hydrogens is 270 g/mol. The van der Waals surface area contributed by atoms with E-state index in [4.69, 9.17) is 0 Å². The van der Waals surface area contributed by atoms with Gasteiger partial charge >= 0.3 is 6.03 Å². The summed E-state index contributed by atoms with van der Waals surface area (Å²) in [5.41, 5.74) is 1.35. The van der Waals surface area contributed by atoms with Gasteiger partial charge in [0.15, 0.2) is 0 Å². The zero-order valence-electron chi connectivity index (χ0n) is 12.8. The van der Waals surface area contributed by atoms with Crippen molar-refractivity contribution in [1.82, 2.24) is 15.1 Å². The van der Waals surface area contributed by atoms with E-state index in [-0.39, 0.29) is 12.1 Å². The molecular formula is C15H25N3OS. The average Bonchev–Trinajstić information content (AvgIpc) is 2.91. The van der Waals surface area contributed by atoms with Crippen LogP contribution >= 0.6 is 11.3 Å². The molecule has 1 aromatic rings. The molecule has 0 saturated heterocycles. The lowest BCUT2D eigenvalue weighted by Gasteiger charge is -2.36. The standard InChI is InChI=1S/C15H25N3OS/c1-5-13-12-7-9-20-14(12)6-8-18(13)15(19)16-10-11(2)17(3)4/h7,9,11,13H,5-6,8,10H2,1-4H3,(H,16,19)/t11-,13-/m0/s1. The lowest BCUT2D eigenvalue weighted by atomic mass is 9.98. The van der Waals surface area contributed by atoms with Gasteiger partial charge < -0.3 is 15.1 Å². The molecule has 2 amide bonds. The molecule has 1 aliphatic rings. The summed E-state index contributed by atoms with van der Waals surface area (Å²) in [5.74, 6) is 0. The Morgan fingerprint density at radius 2 is 2.35 bits per heavy atom. The van der Waals surface area contributed by atoms with Crippen LogP contribution in [0.3, 0.4) is 0 Å². The number of likely N-dealkylation sites (N-methyl/N-ethyl adjacent to an activating group) is 1. The van der Waals surface area contributed by atoms with Crippen LogP contribution < -0.4 is 5.32 Å². The van der Waals surface area contributed by atoms with Crippen molar-refractivity contribution in [3.05, 3.63) is 21.9 Å². The second kappa shape index (κ2) is 6.59. The summed E-state index contributed by atoms with van der Waals surface area (Å²) < 4.78 is 0. The molecule has 1 aromatic heterocycles. The van der Waals surface area contributed by atoms with Gasteiger partial charge in [-0.15, -0.1) is 11.3 Å². The zero-order chi connectivity index (χ0) is 14.7. The van der Waals surface area contributed by atoms with Crippen molar-refractivity contribution in [1.29, 1.82) is 0 Å². The third-order valence-corrected chi connectivity index (χ3v) is 5.17. The smallest absolute Gasteiger partial charge is 0.317 e. The van der Waals surface area contributed by atoms with Crippen molar-refractivity contribution >= 4 is 17.4 Å². The highest BCUT2D eigenvalue weighted by Crippen LogP contribution is 2.35. The number of carbonyl (C=O) groups is 1. The van der Waals surface area contributed by atoms with Gasteiger partial charge in [0.2, 0.25) is 0 Å². The van der Waals surface area contributed by atoms with Crippen molar-refractivity contribution < 1.29 is 4.79 Å². The highest BCUT2D eigenvalue weighted by atomic mass is 32.1. The van der Waals surface area contributed by atoms with Gasteiger partial charge in [0.1, 0.15) is 0 Å². The molecule has 0 unspecified atom stereocenters. The number of hydrogen-bond acceptors (Lipinski definition) is 3. The number of rotatable bonds is 4. The Labute approximate surface area is 125 Å². The molecule has 2 rings (SSSR count). The zero-order valence-corrected chi connectivity index (χ0v) is 13.7. The molecule has 0 saturated carbocycles. The van der Waals surface area contributed by atoms with Crippen molar-refractivity contribution in [2.45, 2.75) is 38.8 Å². The predicted molar refractivity (Wildman–Crippen MR) is 84.3 cm³/mol. The van der Waals surface area contributed by atoms with Gasteiger partial charge in [0, 0.05) is 24.0 Å². The molecule has 2 heterocycles. The predicted octanol–water partition coefficient (Wildman–Crippen LogP) is 2.72. The molecule has 112 valence electrons. The van der Waals surface area contributed by atoms with Gasteiger partial charge in [-0.25, -0.2) is 4.79 Å². The Hall–Kier alpha value is -1.07. The average molecular weight is 295 g/mol. The Kier molecular flexibility index (Phi) is 5.05. The Balaban J connectivity index is 2.00. The van der Waals surface area contributed by atoms with Crippen LogP contribution in [0.25, 0.3) is 0 Å². The largest absolute Gasteiger partial charge is 0.336 e. The molecule has 2 atom stereocenters. The molecule has 20 heavy (non-hydrogen) atoms. The van der Waals surface area contributed by atoms with Crippen LogP contribution in [0.5, 0.6) is 0 Å². The number of nitrogens with one attached hydrogen (secondary N) is 1. The number of fused-ring (bicyclic) bond motifs is 1. The van der Waals surface area contributed by atoms with E-state index in [0.717, 1.165) is 19.4 Å². The number of amides is 2. The number of carbonyl (C=O) groups excluding carboxylic acids is 1. The summed E-state index contributed by atoms with van der Waals surface area (Å²) in [6.45, 7) is 5.79. The summed E-state index contributed by atoms with van der Waals surface area (Å²) in [6, 6.07) is 2.83. The quantitative estimate of drug-likeness (QED) is 0.927. The molecule has 1 N–H and O–H groups in total. The molecule has 5 heteroatoms. The fraction of sp³-hybridized carbons (Fsp3) is 0.667. The summed E-state index contributed by atoms with van der Waals surface area (Å²) in [4.78, 5) is 18.0. The third-order valence-electron chi connectivity index (χ3n) is 4.17. The van der Waals surface area contributed by atoms with Gasteiger partial charge in [0.05, 0.1) is 6.04 Å². The van der Waals surface area contributed by atoms with Crippen LogP contribution in [0.1, 0.15) is 36.8 Å². The topological polar surface area (TPSA) is 35.6 Å². The second-order valence-corrected chi connectivity index (χ2v) is 6.67. The van der Waals surface area contributed by atoms with E-state index >= 15 is 0 Å². The van der Waals surface area contributed by atoms with Crippen LogP contribution in [-0.4, -0.2) is 49.1 Å². The summed E-state index contributed by atoms with van der Waals surface area (Å²) >= 11 is 1.82. The monoisotopic (exact) mass is 295 g/mol. The van der Waals surface area contributed by atoms with Crippen LogP contribution in [0.4, 0.5) is 4.79 Å². The SMILES string of the molecule is CC[C@H]1c2ccsc2CCN1C(=O)NC[C@H](C)N(C)C. The maximum absolute atomic E-state index is 12.4. The van der Waals surface area contributed by atoms with E-state index in [2.05, 4.69) is 35.5 Å². The highest BCUT2D eigenvalue weighted by molar-refractivity contribution is 7.10. The van der Waals surface area contributed by atoms with Gasteiger partial charge in [-0.3, -0.25) is 0 Å².